The van der Waals surface area contributed by atoms with Crippen LogP contribution in [0, 0.1) is 16.7 Å². The first kappa shape index (κ1) is 31.1. The molecule has 0 aromatic carbocycles. The highest BCUT2D eigenvalue weighted by Crippen LogP contribution is 2.42. The Morgan fingerprint density at radius 2 is 1.68 bits per heavy atom. The van der Waals surface area contributed by atoms with Gasteiger partial charge in [-0.2, -0.15) is 9.40 Å². The summed E-state index contributed by atoms with van der Waals surface area (Å²) in [5.74, 6) is 0.258. The van der Waals surface area contributed by atoms with E-state index in [-0.39, 0.29) is 40.4 Å². The van der Waals surface area contributed by atoms with E-state index in [9.17, 15) is 8.42 Å². The highest BCUT2D eigenvalue weighted by Gasteiger charge is 2.45. The van der Waals surface area contributed by atoms with Crippen LogP contribution >= 0.6 is 0 Å². The van der Waals surface area contributed by atoms with Crippen molar-refractivity contribution in [2.45, 2.75) is 125 Å². The van der Waals surface area contributed by atoms with Gasteiger partial charge in [0.25, 0.3) is 0 Å². The molecule has 0 aliphatic carbocycles. The molecule has 0 aliphatic heterocycles. The average molecular weight is 500 g/mol. The summed E-state index contributed by atoms with van der Waals surface area (Å²) in [5, 5.41) is 7.27. The Hall–Kier alpha value is -0.920. The zero-order valence-electron chi connectivity index (χ0n) is 24.0. The van der Waals surface area contributed by atoms with Gasteiger partial charge in [-0.15, -0.1) is 0 Å². The minimum Gasteiger partial charge on any atom is -0.376 e. The number of H-pyrrole nitrogens is 1. The van der Waals surface area contributed by atoms with Crippen LogP contribution in [-0.4, -0.2) is 54.0 Å². The molecular formula is C27H53N3O3S. The quantitative estimate of drug-likeness (QED) is 0.321. The molecule has 0 fully saturated rings. The maximum absolute atomic E-state index is 13.3. The summed E-state index contributed by atoms with van der Waals surface area (Å²) in [6.07, 6.45) is 7.12. The van der Waals surface area contributed by atoms with Crippen LogP contribution in [0.4, 0.5) is 0 Å². The molecule has 1 heterocycles. The molecule has 0 saturated heterocycles. The topological polar surface area (TPSA) is 75.3 Å². The lowest BCUT2D eigenvalue weighted by atomic mass is 9.69. The molecule has 1 rings (SSSR count). The number of hydrogen-bond donors (Lipinski definition) is 1. The van der Waals surface area contributed by atoms with Crippen molar-refractivity contribution in [3.05, 3.63) is 18.0 Å². The molecule has 200 valence electrons. The van der Waals surface area contributed by atoms with Gasteiger partial charge in [0.2, 0.25) is 10.0 Å². The molecule has 4 atom stereocenters. The van der Waals surface area contributed by atoms with E-state index in [2.05, 4.69) is 86.4 Å². The molecular weight excluding hydrogens is 446 g/mol. The van der Waals surface area contributed by atoms with Crippen molar-refractivity contribution in [3.63, 3.8) is 0 Å². The van der Waals surface area contributed by atoms with Gasteiger partial charge in [0, 0.05) is 23.3 Å². The highest BCUT2D eigenvalue weighted by molar-refractivity contribution is 7.88. The van der Waals surface area contributed by atoms with Gasteiger partial charge in [-0.25, -0.2) is 8.42 Å². The van der Waals surface area contributed by atoms with Crippen molar-refractivity contribution in [3.8, 4) is 0 Å². The molecule has 0 aliphatic rings. The van der Waals surface area contributed by atoms with Crippen molar-refractivity contribution < 1.29 is 13.2 Å². The maximum atomic E-state index is 13.3. The number of rotatable bonds is 14. The van der Waals surface area contributed by atoms with E-state index < -0.39 is 10.0 Å². The molecule has 1 N–H and O–H groups in total. The predicted molar refractivity (Wildman–Crippen MR) is 144 cm³/mol. The predicted octanol–water partition coefficient (Wildman–Crippen LogP) is 6.40. The van der Waals surface area contributed by atoms with Crippen LogP contribution in [0.25, 0.3) is 0 Å². The Kier molecular flexibility index (Phi) is 10.9. The van der Waals surface area contributed by atoms with Crippen molar-refractivity contribution in [1.82, 2.24) is 14.5 Å². The van der Waals surface area contributed by atoms with Crippen molar-refractivity contribution in [2.75, 3.05) is 12.9 Å². The van der Waals surface area contributed by atoms with Crippen LogP contribution < -0.4 is 0 Å². The number of nitrogens with zero attached hydrogens (tertiary/aromatic N) is 2. The second-order valence-corrected chi connectivity index (χ2v) is 14.7. The fourth-order valence-corrected chi connectivity index (χ4v) is 6.57. The average Bonchev–Trinajstić information content (AvgIpc) is 3.21. The molecule has 6 nitrogen and oxygen atoms in total. The Morgan fingerprint density at radius 3 is 2.12 bits per heavy atom. The van der Waals surface area contributed by atoms with Crippen LogP contribution in [0.3, 0.4) is 0 Å². The van der Waals surface area contributed by atoms with Gasteiger partial charge in [-0.3, -0.25) is 5.10 Å². The van der Waals surface area contributed by atoms with Gasteiger partial charge in [-0.05, 0) is 49.5 Å². The largest absolute Gasteiger partial charge is 0.376 e. The second-order valence-electron chi connectivity index (χ2n) is 12.8. The fraction of sp³-hybridized carbons (Fsp3) is 0.889. The normalized spacial score (nSPS) is 17.6. The minimum atomic E-state index is -3.48. The van der Waals surface area contributed by atoms with E-state index in [0.29, 0.717) is 6.61 Å². The number of ether oxygens (including phenoxy) is 1. The lowest BCUT2D eigenvalue weighted by Crippen LogP contribution is -2.57. The smallest absolute Gasteiger partial charge is 0.211 e. The van der Waals surface area contributed by atoms with Crippen LogP contribution in [-0.2, 0) is 20.2 Å². The van der Waals surface area contributed by atoms with Gasteiger partial charge in [0.1, 0.15) is 0 Å². The summed E-state index contributed by atoms with van der Waals surface area (Å²) < 4.78 is 34.8. The third-order valence-electron chi connectivity index (χ3n) is 7.68. The lowest BCUT2D eigenvalue weighted by molar-refractivity contribution is -0.0552. The standard InChI is InChI=1S/C27H53N3O3S/c1-13-14-15-20(2)21(3)30(34(12,31)32)24(18-33-22(4)25(5,6)7)27(10,11)19-26(8,9)23-16-17-28-29-23/h16-17,20-22,24H,13-15,18-19H2,1-12H3,(H,28,29). The summed E-state index contributed by atoms with van der Waals surface area (Å²) in [6, 6.07) is 1.59. The van der Waals surface area contributed by atoms with Crippen LogP contribution in [0.2, 0.25) is 0 Å². The third-order valence-corrected chi connectivity index (χ3v) is 9.03. The zero-order valence-corrected chi connectivity index (χ0v) is 24.8. The molecule has 4 unspecified atom stereocenters. The molecule has 0 radical (unpaired) electrons. The Labute approximate surface area is 210 Å². The monoisotopic (exact) mass is 499 g/mol. The minimum absolute atomic E-state index is 0.000600. The fourth-order valence-electron chi connectivity index (χ4n) is 4.95. The van der Waals surface area contributed by atoms with Crippen LogP contribution in [0.1, 0.15) is 108 Å². The number of nitrogens with one attached hydrogen (secondary N) is 1. The first-order valence-electron chi connectivity index (χ1n) is 12.9. The summed E-state index contributed by atoms with van der Waals surface area (Å²) in [4.78, 5) is 0. The van der Waals surface area contributed by atoms with E-state index in [4.69, 9.17) is 4.74 Å². The molecule has 0 saturated carbocycles. The lowest BCUT2D eigenvalue weighted by Gasteiger charge is -2.47. The van der Waals surface area contributed by atoms with Gasteiger partial charge < -0.3 is 4.74 Å². The number of aromatic nitrogens is 2. The number of hydrogen-bond acceptors (Lipinski definition) is 4. The molecule has 1 aromatic rings. The molecule has 0 amide bonds. The summed E-state index contributed by atoms with van der Waals surface area (Å²) in [6.45, 7) is 24.1. The number of sulfonamides is 1. The Morgan fingerprint density at radius 1 is 1.09 bits per heavy atom. The summed E-state index contributed by atoms with van der Waals surface area (Å²) in [5.41, 5.74) is 0.473. The highest BCUT2D eigenvalue weighted by atomic mass is 32.2. The second kappa shape index (κ2) is 11.9. The molecule has 7 heteroatoms. The van der Waals surface area contributed by atoms with Crippen LogP contribution in [0.5, 0.6) is 0 Å². The van der Waals surface area contributed by atoms with E-state index in [0.717, 1.165) is 31.4 Å². The van der Waals surface area contributed by atoms with E-state index in [1.54, 1.807) is 10.5 Å². The first-order chi connectivity index (χ1) is 15.3. The maximum Gasteiger partial charge on any atom is 0.211 e. The summed E-state index contributed by atoms with van der Waals surface area (Å²) in [7, 11) is -3.48. The van der Waals surface area contributed by atoms with Gasteiger partial charge >= 0.3 is 0 Å². The van der Waals surface area contributed by atoms with Gasteiger partial charge in [0.05, 0.1) is 25.0 Å². The Bertz CT molecular complexity index is 826. The summed E-state index contributed by atoms with van der Waals surface area (Å²) >= 11 is 0. The molecule has 34 heavy (non-hydrogen) atoms. The van der Waals surface area contributed by atoms with E-state index >= 15 is 0 Å². The zero-order chi connectivity index (χ0) is 26.5. The first-order valence-corrected chi connectivity index (χ1v) is 14.8. The number of aromatic amines is 1. The molecule has 0 bridgehead atoms. The SMILES string of the molecule is CCCCC(C)C(C)N(C(COC(C)C(C)(C)C)C(C)(C)CC(C)(C)c1ccn[nH]1)S(C)(=O)=O. The van der Waals surface area contributed by atoms with Gasteiger partial charge in [-0.1, -0.05) is 75.2 Å². The molecule has 0 spiro atoms. The van der Waals surface area contributed by atoms with E-state index in [1.165, 1.54) is 6.26 Å². The van der Waals surface area contributed by atoms with Crippen molar-refractivity contribution in [2.24, 2.45) is 16.7 Å². The van der Waals surface area contributed by atoms with Crippen molar-refractivity contribution >= 4 is 10.0 Å². The number of unbranched alkanes of at least 4 members (excludes halogenated alkanes) is 1. The molecule has 1 aromatic heterocycles. The van der Waals surface area contributed by atoms with Crippen LogP contribution in [0.15, 0.2) is 12.3 Å². The third kappa shape index (κ3) is 8.63. The Balaban J connectivity index is 3.44. The van der Waals surface area contributed by atoms with E-state index in [1.807, 2.05) is 6.07 Å². The van der Waals surface area contributed by atoms with Gasteiger partial charge in [0.15, 0.2) is 0 Å². The van der Waals surface area contributed by atoms with Crippen molar-refractivity contribution in [1.29, 1.82) is 0 Å².